The number of hydrogen-bond acceptors (Lipinski definition) is 2. The monoisotopic (exact) mass is 337 g/mol. The van der Waals surface area contributed by atoms with E-state index in [1.165, 1.54) is 0 Å². The summed E-state index contributed by atoms with van der Waals surface area (Å²) >= 11 is 0. The molecule has 1 fully saturated rings. The van der Waals surface area contributed by atoms with Gasteiger partial charge in [-0.1, -0.05) is 5.92 Å². The first-order chi connectivity index (χ1) is 7.36. The highest BCUT2D eigenvalue weighted by Gasteiger charge is 2.14. The Morgan fingerprint density at radius 1 is 1.56 bits per heavy atom. The zero-order valence-electron chi connectivity index (χ0n) is 9.66. The molecule has 2 N–H and O–H groups in total. The Morgan fingerprint density at radius 3 is 2.94 bits per heavy atom. The molecule has 92 valence electrons. The van der Waals surface area contributed by atoms with Crippen molar-refractivity contribution in [2.75, 3.05) is 26.2 Å². The van der Waals surface area contributed by atoms with Gasteiger partial charge in [0.1, 0.15) is 0 Å². The summed E-state index contributed by atoms with van der Waals surface area (Å²) in [5.74, 6) is 3.29. The lowest BCUT2D eigenvalue weighted by Crippen LogP contribution is -2.38. The second-order valence-electron chi connectivity index (χ2n) is 3.41. The Balaban J connectivity index is 0.00000225. The quantitative estimate of drug-likeness (QED) is 0.348. The molecule has 0 aromatic carbocycles. The van der Waals surface area contributed by atoms with E-state index in [9.17, 15) is 0 Å². The maximum absolute atomic E-state index is 5.48. The molecule has 1 aliphatic rings. The second-order valence-corrected chi connectivity index (χ2v) is 3.41. The lowest BCUT2D eigenvalue weighted by atomic mass is 10.2. The summed E-state index contributed by atoms with van der Waals surface area (Å²) in [7, 11) is 0. The Labute approximate surface area is 115 Å². The van der Waals surface area contributed by atoms with Crippen LogP contribution in [0.4, 0.5) is 0 Å². The molecule has 1 unspecified atom stereocenters. The lowest BCUT2D eigenvalue weighted by molar-refractivity contribution is 0.117. The molecule has 16 heavy (non-hydrogen) atoms. The lowest BCUT2D eigenvalue weighted by Gasteiger charge is -2.10. The molecule has 0 saturated carbocycles. The predicted molar refractivity (Wildman–Crippen MR) is 77.2 cm³/mol. The van der Waals surface area contributed by atoms with Gasteiger partial charge in [0.2, 0.25) is 0 Å². The largest absolute Gasteiger partial charge is 0.376 e. The molecule has 1 atom stereocenters. The molecule has 0 aromatic rings. The Kier molecular flexibility index (Phi) is 9.43. The van der Waals surface area contributed by atoms with Crippen LogP contribution in [-0.4, -0.2) is 38.3 Å². The number of rotatable bonds is 4. The molecule has 1 saturated heterocycles. The van der Waals surface area contributed by atoms with E-state index < -0.39 is 0 Å². The van der Waals surface area contributed by atoms with Crippen molar-refractivity contribution in [2.24, 2.45) is 4.99 Å². The average Bonchev–Trinajstić information content (AvgIpc) is 2.75. The van der Waals surface area contributed by atoms with Crippen molar-refractivity contribution in [3.8, 4) is 12.3 Å². The molecular formula is C11H20IN3O. The van der Waals surface area contributed by atoms with Crippen molar-refractivity contribution in [1.29, 1.82) is 0 Å². The van der Waals surface area contributed by atoms with Gasteiger partial charge in [-0.2, -0.15) is 0 Å². The van der Waals surface area contributed by atoms with Crippen molar-refractivity contribution < 1.29 is 4.74 Å². The molecule has 5 heteroatoms. The topological polar surface area (TPSA) is 45.7 Å². The van der Waals surface area contributed by atoms with Gasteiger partial charge in [0.25, 0.3) is 0 Å². The van der Waals surface area contributed by atoms with Crippen LogP contribution in [0.15, 0.2) is 4.99 Å². The van der Waals surface area contributed by atoms with E-state index in [0.29, 0.717) is 13.1 Å². The summed E-state index contributed by atoms with van der Waals surface area (Å²) < 4.78 is 5.48. The normalized spacial score (nSPS) is 19.8. The van der Waals surface area contributed by atoms with E-state index in [2.05, 4.69) is 21.5 Å². The number of aliphatic imine (C=N–C) groups is 1. The fourth-order valence-corrected chi connectivity index (χ4v) is 1.46. The molecule has 0 spiro atoms. The van der Waals surface area contributed by atoms with Gasteiger partial charge in [0.15, 0.2) is 5.96 Å². The van der Waals surface area contributed by atoms with Crippen LogP contribution in [0.2, 0.25) is 0 Å². The third kappa shape index (κ3) is 6.18. The van der Waals surface area contributed by atoms with Crippen LogP contribution in [0.3, 0.4) is 0 Å². The Hall–Kier alpha value is -0.480. The molecular weight excluding hydrogens is 317 g/mol. The fourth-order valence-electron chi connectivity index (χ4n) is 1.46. The standard InChI is InChI=1S/C11H19N3O.HI/c1-3-7-13-11(12-4-2)14-9-10-6-5-8-15-10;/h1,10H,4-9H2,2H3,(H2,12,13,14);1H. The maximum atomic E-state index is 5.48. The first-order valence-electron chi connectivity index (χ1n) is 5.44. The number of ether oxygens (including phenoxy) is 1. The number of nitrogens with one attached hydrogen (secondary N) is 2. The number of guanidine groups is 1. The van der Waals surface area contributed by atoms with Crippen molar-refractivity contribution in [2.45, 2.75) is 25.9 Å². The second kappa shape index (κ2) is 9.73. The van der Waals surface area contributed by atoms with Gasteiger partial charge in [0.05, 0.1) is 19.2 Å². The van der Waals surface area contributed by atoms with Crippen molar-refractivity contribution in [3.05, 3.63) is 0 Å². The summed E-state index contributed by atoms with van der Waals surface area (Å²) in [5.41, 5.74) is 0. The van der Waals surface area contributed by atoms with E-state index in [-0.39, 0.29) is 30.1 Å². The highest BCUT2D eigenvalue weighted by atomic mass is 127. The molecule has 4 nitrogen and oxygen atoms in total. The van der Waals surface area contributed by atoms with Gasteiger partial charge in [-0.3, -0.25) is 4.99 Å². The molecule has 1 rings (SSSR count). The summed E-state index contributed by atoms with van der Waals surface area (Å²) in [4.78, 5) is 4.41. The number of nitrogens with zero attached hydrogens (tertiary/aromatic N) is 1. The zero-order valence-corrected chi connectivity index (χ0v) is 12.0. The van der Waals surface area contributed by atoms with Crippen LogP contribution in [0, 0.1) is 12.3 Å². The third-order valence-corrected chi connectivity index (χ3v) is 2.18. The van der Waals surface area contributed by atoms with E-state index in [0.717, 1.165) is 32.0 Å². The van der Waals surface area contributed by atoms with Crippen LogP contribution < -0.4 is 10.6 Å². The minimum Gasteiger partial charge on any atom is -0.376 e. The highest BCUT2D eigenvalue weighted by molar-refractivity contribution is 14.0. The van der Waals surface area contributed by atoms with Crippen LogP contribution in [0.1, 0.15) is 19.8 Å². The van der Waals surface area contributed by atoms with Gasteiger partial charge in [-0.05, 0) is 19.8 Å². The predicted octanol–water partition coefficient (Wildman–Crippen LogP) is 0.972. The Morgan fingerprint density at radius 2 is 2.38 bits per heavy atom. The molecule has 0 bridgehead atoms. The summed E-state index contributed by atoms with van der Waals surface area (Å²) in [6.45, 7) is 4.94. The van der Waals surface area contributed by atoms with Gasteiger partial charge in [-0.15, -0.1) is 30.4 Å². The number of terminal acetylenes is 1. The van der Waals surface area contributed by atoms with Gasteiger partial charge < -0.3 is 15.4 Å². The molecule has 0 aromatic heterocycles. The first-order valence-corrected chi connectivity index (χ1v) is 5.44. The summed E-state index contributed by atoms with van der Waals surface area (Å²) in [5, 5.41) is 6.17. The smallest absolute Gasteiger partial charge is 0.192 e. The van der Waals surface area contributed by atoms with Crippen LogP contribution in [0.5, 0.6) is 0 Å². The van der Waals surface area contributed by atoms with E-state index in [4.69, 9.17) is 11.2 Å². The summed E-state index contributed by atoms with van der Waals surface area (Å²) in [6.07, 6.45) is 7.71. The molecule has 0 aliphatic carbocycles. The minimum atomic E-state index is 0. The van der Waals surface area contributed by atoms with Gasteiger partial charge >= 0.3 is 0 Å². The van der Waals surface area contributed by atoms with Crippen LogP contribution >= 0.6 is 24.0 Å². The van der Waals surface area contributed by atoms with Gasteiger partial charge in [0, 0.05) is 13.2 Å². The minimum absolute atomic E-state index is 0. The fraction of sp³-hybridized carbons (Fsp3) is 0.727. The van der Waals surface area contributed by atoms with Crippen LogP contribution in [-0.2, 0) is 4.74 Å². The molecule has 1 heterocycles. The first kappa shape index (κ1) is 15.5. The van der Waals surface area contributed by atoms with Crippen LogP contribution in [0.25, 0.3) is 0 Å². The Bertz CT molecular complexity index is 244. The SMILES string of the molecule is C#CCNC(=NCC1CCCO1)NCC.I. The van der Waals surface area contributed by atoms with Gasteiger partial charge in [-0.25, -0.2) is 0 Å². The van der Waals surface area contributed by atoms with E-state index in [1.807, 2.05) is 6.92 Å². The number of halogens is 1. The number of hydrogen-bond donors (Lipinski definition) is 2. The van der Waals surface area contributed by atoms with Crippen molar-refractivity contribution in [3.63, 3.8) is 0 Å². The van der Waals surface area contributed by atoms with E-state index >= 15 is 0 Å². The highest BCUT2D eigenvalue weighted by Crippen LogP contribution is 2.11. The molecule has 0 amide bonds. The average molecular weight is 337 g/mol. The molecule has 0 radical (unpaired) electrons. The third-order valence-electron chi connectivity index (χ3n) is 2.18. The van der Waals surface area contributed by atoms with Crippen molar-refractivity contribution >= 4 is 29.9 Å². The maximum Gasteiger partial charge on any atom is 0.192 e. The van der Waals surface area contributed by atoms with Crippen molar-refractivity contribution in [1.82, 2.24) is 10.6 Å². The molecule has 1 aliphatic heterocycles. The summed E-state index contributed by atoms with van der Waals surface area (Å²) in [6, 6.07) is 0. The van der Waals surface area contributed by atoms with E-state index in [1.54, 1.807) is 0 Å². The zero-order chi connectivity index (χ0) is 10.9.